The van der Waals surface area contributed by atoms with Crippen LogP contribution in [0.2, 0.25) is 5.02 Å². The smallest absolute Gasteiger partial charge is 0.326 e. The number of carboxylic acid groups (broad SMARTS) is 1. The maximum absolute atomic E-state index is 12.8. The van der Waals surface area contributed by atoms with Crippen molar-refractivity contribution in [3.05, 3.63) is 75.5 Å². The summed E-state index contributed by atoms with van der Waals surface area (Å²) in [7, 11) is 0. The molecular formula is C29H27BrClN5O4S. The molecule has 1 heterocycles. The van der Waals surface area contributed by atoms with E-state index >= 15 is 0 Å². The molecule has 1 aliphatic carbocycles. The molecule has 0 radical (unpaired) electrons. The van der Waals surface area contributed by atoms with Gasteiger partial charge >= 0.3 is 5.97 Å². The number of carboxylic acids is 1. The molecule has 212 valence electrons. The number of hydrogen-bond acceptors (Lipinski definition) is 6. The van der Waals surface area contributed by atoms with Crippen molar-refractivity contribution in [3.63, 3.8) is 0 Å². The van der Waals surface area contributed by atoms with Crippen LogP contribution in [0.15, 0.2) is 64.5 Å². The first-order valence-electron chi connectivity index (χ1n) is 13.0. The third kappa shape index (κ3) is 6.42. The highest BCUT2D eigenvalue weighted by atomic mass is 79.9. The summed E-state index contributed by atoms with van der Waals surface area (Å²) in [6, 6.07) is 15.9. The third-order valence-electron chi connectivity index (χ3n) is 6.84. The highest BCUT2D eigenvalue weighted by Crippen LogP contribution is 2.44. The van der Waals surface area contributed by atoms with Gasteiger partial charge in [0.25, 0.3) is 5.91 Å². The van der Waals surface area contributed by atoms with E-state index in [0.29, 0.717) is 21.5 Å². The number of rotatable bonds is 10. The fraction of sp³-hybridized carbons (Fsp3) is 0.276. The van der Waals surface area contributed by atoms with Crippen molar-refractivity contribution in [3.8, 4) is 5.69 Å². The number of carbonyl (C=O) groups is 3. The van der Waals surface area contributed by atoms with Crippen molar-refractivity contribution in [2.45, 2.75) is 43.8 Å². The molecule has 12 heteroatoms. The zero-order valence-electron chi connectivity index (χ0n) is 22.2. The summed E-state index contributed by atoms with van der Waals surface area (Å²) < 4.78 is 2.42. The van der Waals surface area contributed by atoms with E-state index < -0.39 is 17.9 Å². The van der Waals surface area contributed by atoms with Crippen molar-refractivity contribution in [2.75, 3.05) is 11.1 Å². The van der Waals surface area contributed by atoms with Gasteiger partial charge in [0, 0.05) is 10.9 Å². The molecule has 1 fully saturated rings. The van der Waals surface area contributed by atoms with Gasteiger partial charge in [0.2, 0.25) is 10.6 Å². The van der Waals surface area contributed by atoms with Gasteiger partial charge in [-0.1, -0.05) is 67.5 Å². The van der Waals surface area contributed by atoms with E-state index in [1.807, 2.05) is 16.7 Å². The molecule has 3 N–H and O–H groups in total. The van der Waals surface area contributed by atoms with Gasteiger partial charge in [-0.05, 0) is 75.8 Å². The minimum absolute atomic E-state index is 0.0382. The zero-order chi connectivity index (χ0) is 29.3. The Balaban J connectivity index is 1.28. The van der Waals surface area contributed by atoms with Crippen LogP contribution >= 0.6 is 39.3 Å². The van der Waals surface area contributed by atoms with Gasteiger partial charge in [-0.2, -0.15) is 0 Å². The molecule has 1 atom stereocenters. The number of fused-ring (bicyclic) bond motifs is 1. The van der Waals surface area contributed by atoms with Crippen molar-refractivity contribution in [2.24, 2.45) is 5.92 Å². The molecule has 0 saturated heterocycles. The average molecular weight is 657 g/mol. The lowest BCUT2D eigenvalue weighted by atomic mass is 9.99. The van der Waals surface area contributed by atoms with Gasteiger partial charge < -0.3 is 15.7 Å². The second kappa shape index (κ2) is 12.2. The first-order valence-corrected chi connectivity index (χ1v) is 15.2. The van der Waals surface area contributed by atoms with Crippen LogP contribution in [0.5, 0.6) is 0 Å². The van der Waals surface area contributed by atoms with E-state index in [2.05, 4.69) is 61.0 Å². The number of carbonyl (C=O) groups excluding carboxylic acids is 2. The normalized spacial score (nSPS) is 13.8. The van der Waals surface area contributed by atoms with Crippen molar-refractivity contribution in [1.29, 1.82) is 0 Å². The van der Waals surface area contributed by atoms with Gasteiger partial charge in [-0.3, -0.25) is 14.2 Å². The molecule has 0 aliphatic heterocycles. The highest BCUT2D eigenvalue weighted by Gasteiger charge is 2.27. The lowest BCUT2D eigenvalue weighted by Crippen LogP contribution is -2.44. The Morgan fingerprint density at radius 3 is 2.49 bits per heavy atom. The van der Waals surface area contributed by atoms with Crippen LogP contribution in [0, 0.1) is 5.92 Å². The topological polar surface area (TPSA) is 126 Å². The molecule has 1 aromatic heterocycles. The predicted octanol–water partition coefficient (Wildman–Crippen LogP) is 6.28. The van der Waals surface area contributed by atoms with E-state index in [-0.39, 0.29) is 28.2 Å². The number of nitrogens with zero attached hydrogens (tertiary/aromatic N) is 3. The number of thioether (sulfide) groups is 1. The molecule has 0 unspecified atom stereocenters. The Hall–Kier alpha value is -3.41. The van der Waals surface area contributed by atoms with Crippen molar-refractivity contribution < 1.29 is 19.5 Å². The fourth-order valence-corrected chi connectivity index (χ4v) is 6.14. The van der Waals surface area contributed by atoms with Crippen LogP contribution < -0.4 is 10.6 Å². The van der Waals surface area contributed by atoms with Crippen LogP contribution in [0.3, 0.4) is 0 Å². The molecule has 0 spiro atoms. The number of benzene rings is 3. The van der Waals surface area contributed by atoms with E-state index in [1.54, 1.807) is 13.8 Å². The van der Waals surface area contributed by atoms with Crippen LogP contribution in [0.1, 0.15) is 48.5 Å². The summed E-state index contributed by atoms with van der Waals surface area (Å²) in [5.41, 5.74) is 2.79. The monoisotopic (exact) mass is 655 g/mol. The summed E-state index contributed by atoms with van der Waals surface area (Å²) in [5, 5.41) is 26.1. The van der Waals surface area contributed by atoms with Gasteiger partial charge in [0.1, 0.15) is 6.04 Å². The summed E-state index contributed by atoms with van der Waals surface area (Å²) >= 11 is 11.1. The van der Waals surface area contributed by atoms with E-state index in [1.165, 1.54) is 53.8 Å². The number of aliphatic carboxylic acids is 1. The lowest BCUT2D eigenvalue weighted by Gasteiger charge is -2.18. The zero-order valence-corrected chi connectivity index (χ0v) is 25.4. The van der Waals surface area contributed by atoms with E-state index in [9.17, 15) is 19.5 Å². The maximum Gasteiger partial charge on any atom is 0.326 e. The molecule has 9 nitrogen and oxygen atoms in total. The number of amides is 2. The quantitative estimate of drug-likeness (QED) is 0.172. The van der Waals surface area contributed by atoms with E-state index in [0.717, 1.165) is 11.1 Å². The number of halogens is 2. The molecule has 0 bridgehead atoms. The molecular weight excluding hydrogens is 630 g/mol. The Labute approximate surface area is 254 Å². The largest absolute Gasteiger partial charge is 0.480 e. The molecule has 1 saturated carbocycles. The molecule has 4 aromatic rings. The minimum atomic E-state index is -1.12. The first-order chi connectivity index (χ1) is 19.6. The van der Waals surface area contributed by atoms with E-state index in [4.69, 9.17) is 11.6 Å². The minimum Gasteiger partial charge on any atom is -0.480 e. The van der Waals surface area contributed by atoms with Gasteiger partial charge in [0.15, 0.2) is 5.16 Å². The molecule has 1 aliphatic rings. The van der Waals surface area contributed by atoms with Gasteiger partial charge in [-0.15, -0.1) is 10.2 Å². The van der Waals surface area contributed by atoms with Crippen LogP contribution in [-0.4, -0.2) is 49.4 Å². The van der Waals surface area contributed by atoms with Crippen LogP contribution in [0.25, 0.3) is 16.5 Å². The van der Waals surface area contributed by atoms with Gasteiger partial charge in [0.05, 0.1) is 22.2 Å². The molecule has 5 rings (SSSR count). The number of anilines is 1. The first kappa shape index (κ1) is 29.1. The predicted molar refractivity (Wildman–Crippen MR) is 163 cm³/mol. The number of aromatic nitrogens is 3. The summed E-state index contributed by atoms with van der Waals surface area (Å²) in [6.45, 7) is 3.41. The molecule has 41 heavy (non-hydrogen) atoms. The number of hydrogen-bond donors (Lipinski definition) is 3. The summed E-state index contributed by atoms with van der Waals surface area (Å²) in [6.07, 6.45) is 2.41. The molecule has 2 amide bonds. The second-order valence-electron chi connectivity index (χ2n) is 10.1. The summed E-state index contributed by atoms with van der Waals surface area (Å²) in [5.74, 6) is -1.66. The van der Waals surface area contributed by atoms with Crippen LogP contribution in [-0.2, 0) is 9.59 Å². The maximum atomic E-state index is 12.8. The SMILES string of the molecule is CC(C)[C@H](NC(=O)c1ccc(NC(=O)CSc2nnc(Br)n2-c2ccc(C3CC3)c3ccccc23)c(Cl)c1)C(=O)O. The average Bonchev–Trinajstić information content (AvgIpc) is 3.72. The second-order valence-corrected chi connectivity index (χ2v) is 12.2. The Bertz CT molecular complexity index is 1660. The molecule has 3 aromatic carbocycles. The summed E-state index contributed by atoms with van der Waals surface area (Å²) in [4.78, 5) is 36.8. The highest BCUT2D eigenvalue weighted by molar-refractivity contribution is 9.10. The third-order valence-corrected chi connectivity index (χ3v) is 8.60. The Morgan fingerprint density at radius 1 is 1.10 bits per heavy atom. The Morgan fingerprint density at radius 2 is 1.83 bits per heavy atom. The lowest BCUT2D eigenvalue weighted by molar-refractivity contribution is -0.140. The van der Waals surface area contributed by atoms with Gasteiger partial charge in [-0.25, -0.2) is 4.79 Å². The number of nitrogens with one attached hydrogen (secondary N) is 2. The van der Waals surface area contributed by atoms with Crippen molar-refractivity contribution >= 4 is 73.5 Å². The van der Waals surface area contributed by atoms with Crippen LogP contribution in [0.4, 0.5) is 5.69 Å². The standard InChI is InChI=1S/C29H27BrClN5O4S/c1-15(2)25(27(39)40)33-26(38)17-9-11-22(21(31)13-17)32-24(37)14-41-29-35-34-28(30)36(29)23-12-10-18(16-7-8-16)19-5-3-4-6-20(19)23/h3-6,9-13,15-16,25H,7-8,14H2,1-2H3,(H,32,37)(H,33,38)(H,39,40)/t25-/m0/s1. The van der Waals surface area contributed by atoms with Crippen molar-refractivity contribution in [1.82, 2.24) is 20.1 Å². The Kier molecular flexibility index (Phi) is 8.67. The fourth-order valence-electron chi connectivity index (χ4n) is 4.61.